The number of ether oxygens (including phenoxy) is 1. The molecule has 0 aliphatic carbocycles. The molecule has 1 unspecified atom stereocenters. The van der Waals surface area contributed by atoms with Crippen LogP contribution < -0.4 is 5.90 Å². The number of esters is 1. The van der Waals surface area contributed by atoms with Gasteiger partial charge in [0, 0.05) is 0 Å². The van der Waals surface area contributed by atoms with Crippen molar-refractivity contribution < 1.29 is 14.4 Å². The van der Waals surface area contributed by atoms with Gasteiger partial charge in [-0.05, 0) is 12.3 Å². The standard InChI is InChI=1S/C8H17NO3/c1-6(2)4-7(12-9)5-8(10)11-3/h6-7H,4-5,9H2,1-3H3. The Morgan fingerprint density at radius 1 is 1.50 bits per heavy atom. The number of methoxy groups -OCH3 is 1. The first-order valence-electron chi connectivity index (χ1n) is 4.02. The molecule has 1 atom stereocenters. The van der Waals surface area contributed by atoms with Gasteiger partial charge in [0.1, 0.15) is 0 Å². The number of nitrogens with two attached hydrogens (primary N) is 1. The van der Waals surface area contributed by atoms with Crippen molar-refractivity contribution in [3.05, 3.63) is 0 Å². The number of carbonyl (C=O) groups excluding carboxylic acids is 1. The summed E-state index contributed by atoms with van der Waals surface area (Å²) < 4.78 is 4.49. The van der Waals surface area contributed by atoms with Crippen LogP contribution in [0.25, 0.3) is 0 Å². The fourth-order valence-electron chi connectivity index (χ4n) is 0.982. The number of hydrogen-bond donors (Lipinski definition) is 1. The van der Waals surface area contributed by atoms with E-state index in [-0.39, 0.29) is 18.5 Å². The van der Waals surface area contributed by atoms with Gasteiger partial charge in [0.25, 0.3) is 0 Å². The molecule has 0 aliphatic heterocycles. The largest absolute Gasteiger partial charge is 0.469 e. The highest BCUT2D eigenvalue weighted by Crippen LogP contribution is 2.10. The van der Waals surface area contributed by atoms with Crippen LogP contribution in [0.15, 0.2) is 0 Å². The zero-order valence-electron chi connectivity index (χ0n) is 7.87. The van der Waals surface area contributed by atoms with Crippen LogP contribution in [-0.2, 0) is 14.4 Å². The van der Waals surface area contributed by atoms with Crippen LogP contribution in [-0.4, -0.2) is 19.2 Å². The molecule has 0 fully saturated rings. The molecule has 4 nitrogen and oxygen atoms in total. The van der Waals surface area contributed by atoms with Gasteiger partial charge < -0.3 is 9.57 Å². The molecule has 0 rings (SSSR count). The van der Waals surface area contributed by atoms with Crippen molar-refractivity contribution in [1.82, 2.24) is 0 Å². The van der Waals surface area contributed by atoms with E-state index in [1.54, 1.807) is 0 Å². The maximum Gasteiger partial charge on any atom is 0.308 e. The lowest BCUT2D eigenvalue weighted by atomic mass is 10.0. The summed E-state index contributed by atoms with van der Waals surface area (Å²) in [6.45, 7) is 4.09. The van der Waals surface area contributed by atoms with E-state index in [4.69, 9.17) is 5.90 Å². The van der Waals surface area contributed by atoms with Crippen molar-refractivity contribution in [2.45, 2.75) is 32.8 Å². The van der Waals surface area contributed by atoms with E-state index < -0.39 is 0 Å². The first-order chi connectivity index (χ1) is 5.60. The molecule has 0 bridgehead atoms. The molecule has 72 valence electrons. The smallest absolute Gasteiger partial charge is 0.308 e. The average molecular weight is 175 g/mol. The third-order valence-electron chi connectivity index (χ3n) is 1.55. The summed E-state index contributed by atoms with van der Waals surface area (Å²) >= 11 is 0. The highest BCUT2D eigenvalue weighted by molar-refractivity contribution is 5.69. The molecule has 2 N–H and O–H groups in total. The van der Waals surface area contributed by atoms with Crippen LogP contribution in [0, 0.1) is 5.92 Å². The van der Waals surface area contributed by atoms with E-state index in [2.05, 4.69) is 9.57 Å². The molecule has 0 radical (unpaired) electrons. The van der Waals surface area contributed by atoms with E-state index >= 15 is 0 Å². The minimum absolute atomic E-state index is 0.225. The molecule has 0 spiro atoms. The third-order valence-corrected chi connectivity index (χ3v) is 1.55. The zero-order chi connectivity index (χ0) is 9.56. The quantitative estimate of drug-likeness (QED) is 0.497. The highest BCUT2D eigenvalue weighted by Gasteiger charge is 2.15. The van der Waals surface area contributed by atoms with Crippen molar-refractivity contribution in [2.24, 2.45) is 11.8 Å². The Hall–Kier alpha value is -0.610. The molecule has 0 aromatic rings. The Morgan fingerprint density at radius 2 is 2.08 bits per heavy atom. The molecular weight excluding hydrogens is 158 g/mol. The SMILES string of the molecule is COC(=O)CC(CC(C)C)ON. The lowest BCUT2D eigenvalue weighted by Crippen LogP contribution is -2.23. The van der Waals surface area contributed by atoms with Gasteiger partial charge in [0.15, 0.2) is 0 Å². The van der Waals surface area contributed by atoms with Crippen LogP contribution in [0.4, 0.5) is 0 Å². The van der Waals surface area contributed by atoms with E-state index in [1.807, 2.05) is 13.8 Å². The summed E-state index contributed by atoms with van der Waals surface area (Å²) in [5.74, 6) is 5.19. The van der Waals surface area contributed by atoms with Crippen LogP contribution in [0.3, 0.4) is 0 Å². The Kier molecular flexibility index (Phi) is 5.66. The topological polar surface area (TPSA) is 61.5 Å². The van der Waals surface area contributed by atoms with Gasteiger partial charge in [-0.3, -0.25) is 4.79 Å². The van der Waals surface area contributed by atoms with Crippen molar-refractivity contribution in [3.8, 4) is 0 Å². The molecule has 0 saturated carbocycles. The second-order valence-electron chi connectivity index (χ2n) is 3.17. The van der Waals surface area contributed by atoms with Crippen molar-refractivity contribution >= 4 is 5.97 Å². The van der Waals surface area contributed by atoms with Gasteiger partial charge in [-0.2, -0.15) is 0 Å². The second-order valence-corrected chi connectivity index (χ2v) is 3.17. The molecule has 0 aliphatic rings. The molecule has 0 heterocycles. The Balaban J connectivity index is 3.74. The van der Waals surface area contributed by atoms with Crippen LogP contribution in [0.5, 0.6) is 0 Å². The van der Waals surface area contributed by atoms with E-state index in [9.17, 15) is 4.79 Å². The van der Waals surface area contributed by atoms with Crippen molar-refractivity contribution in [3.63, 3.8) is 0 Å². The summed E-state index contributed by atoms with van der Waals surface area (Å²) in [4.78, 5) is 15.4. The number of carbonyl (C=O) groups is 1. The first-order valence-corrected chi connectivity index (χ1v) is 4.02. The first kappa shape index (κ1) is 11.4. The number of hydrogen-bond acceptors (Lipinski definition) is 4. The molecule has 0 amide bonds. The van der Waals surface area contributed by atoms with Gasteiger partial charge in [-0.15, -0.1) is 0 Å². The predicted octanol–water partition coefficient (Wildman–Crippen LogP) is 0.855. The third kappa shape index (κ3) is 5.09. The van der Waals surface area contributed by atoms with Gasteiger partial charge in [-0.25, -0.2) is 5.90 Å². The van der Waals surface area contributed by atoms with Gasteiger partial charge in [0.2, 0.25) is 0 Å². The van der Waals surface area contributed by atoms with Crippen LogP contribution in [0.2, 0.25) is 0 Å². The fourth-order valence-corrected chi connectivity index (χ4v) is 0.982. The molecular formula is C8H17NO3. The summed E-state index contributed by atoms with van der Waals surface area (Å²) in [5.41, 5.74) is 0. The Labute approximate surface area is 73.0 Å². The summed E-state index contributed by atoms with van der Waals surface area (Å²) in [7, 11) is 1.35. The second kappa shape index (κ2) is 5.97. The van der Waals surface area contributed by atoms with E-state index in [1.165, 1.54) is 7.11 Å². The van der Waals surface area contributed by atoms with Gasteiger partial charge in [0.05, 0.1) is 19.6 Å². The van der Waals surface area contributed by atoms with Crippen molar-refractivity contribution in [2.75, 3.05) is 7.11 Å². The average Bonchev–Trinajstić information content (AvgIpc) is 2.02. The van der Waals surface area contributed by atoms with Crippen LogP contribution >= 0.6 is 0 Å². The zero-order valence-corrected chi connectivity index (χ0v) is 7.87. The molecule has 12 heavy (non-hydrogen) atoms. The van der Waals surface area contributed by atoms with Gasteiger partial charge >= 0.3 is 5.97 Å². The van der Waals surface area contributed by atoms with E-state index in [0.717, 1.165) is 6.42 Å². The normalized spacial score (nSPS) is 13.1. The van der Waals surface area contributed by atoms with Gasteiger partial charge in [-0.1, -0.05) is 13.8 Å². The molecule has 0 saturated heterocycles. The Bertz CT molecular complexity index is 136. The molecule has 4 heteroatoms. The monoisotopic (exact) mass is 175 g/mol. The highest BCUT2D eigenvalue weighted by atomic mass is 16.6. The number of rotatable bonds is 5. The summed E-state index contributed by atoms with van der Waals surface area (Å²) in [6.07, 6.45) is 0.772. The Morgan fingerprint density at radius 3 is 2.42 bits per heavy atom. The lowest BCUT2D eigenvalue weighted by Gasteiger charge is -2.14. The maximum absolute atomic E-state index is 10.8. The minimum Gasteiger partial charge on any atom is -0.469 e. The predicted molar refractivity (Wildman–Crippen MR) is 45.1 cm³/mol. The van der Waals surface area contributed by atoms with Crippen molar-refractivity contribution in [1.29, 1.82) is 0 Å². The van der Waals surface area contributed by atoms with E-state index in [0.29, 0.717) is 5.92 Å². The summed E-state index contributed by atoms with van der Waals surface area (Å²) in [6, 6.07) is 0. The van der Waals surface area contributed by atoms with Crippen LogP contribution in [0.1, 0.15) is 26.7 Å². The maximum atomic E-state index is 10.8. The molecule has 0 aromatic heterocycles. The lowest BCUT2D eigenvalue weighted by molar-refractivity contribution is -0.144. The minimum atomic E-state index is -0.286. The fraction of sp³-hybridized carbons (Fsp3) is 0.875. The summed E-state index contributed by atoms with van der Waals surface area (Å²) in [5, 5.41) is 0. The molecule has 0 aromatic carbocycles.